The Bertz CT molecular complexity index is 239. The zero-order chi connectivity index (χ0) is 12.8. The van der Waals surface area contributed by atoms with Crippen molar-refractivity contribution in [2.75, 3.05) is 32.7 Å². The second-order valence-corrected chi connectivity index (χ2v) is 5.92. The third kappa shape index (κ3) is 3.69. The third-order valence-electron chi connectivity index (χ3n) is 4.62. The summed E-state index contributed by atoms with van der Waals surface area (Å²) < 4.78 is 6.39. The van der Waals surface area contributed by atoms with Crippen LogP contribution in [0.25, 0.3) is 0 Å². The molecule has 3 nitrogen and oxygen atoms in total. The highest BCUT2D eigenvalue weighted by atomic mass is 16.5. The SMILES string of the molecule is CCNCCN(CC)CC1CCC2(CCCC2)O1. The molecule has 1 saturated heterocycles. The summed E-state index contributed by atoms with van der Waals surface area (Å²) in [5.74, 6) is 0. The first kappa shape index (κ1) is 14.3. The van der Waals surface area contributed by atoms with E-state index >= 15 is 0 Å². The van der Waals surface area contributed by atoms with Gasteiger partial charge in [-0.2, -0.15) is 0 Å². The van der Waals surface area contributed by atoms with Crippen molar-refractivity contribution in [3.63, 3.8) is 0 Å². The highest BCUT2D eigenvalue weighted by molar-refractivity contribution is 4.93. The van der Waals surface area contributed by atoms with Crippen LogP contribution in [-0.4, -0.2) is 49.3 Å². The van der Waals surface area contributed by atoms with Crippen LogP contribution in [-0.2, 0) is 4.74 Å². The largest absolute Gasteiger partial charge is 0.370 e. The average molecular weight is 254 g/mol. The number of hydrogen-bond donors (Lipinski definition) is 1. The quantitative estimate of drug-likeness (QED) is 0.706. The first-order valence-corrected chi connectivity index (χ1v) is 7.89. The molecular weight excluding hydrogens is 224 g/mol. The third-order valence-corrected chi connectivity index (χ3v) is 4.62. The van der Waals surface area contributed by atoms with Gasteiger partial charge < -0.3 is 10.1 Å². The van der Waals surface area contributed by atoms with Gasteiger partial charge in [0.15, 0.2) is 0 Å². The smallest absolute Gasteiger partial charge is 0.0710 e. The van der Waals surface area contributed by atoms with Gasteiger partial charge in [0, 0.05) is 19.6 Å². The summed E-state index contributed by atoms with van der Waals surface area (Å²) in [7, 11) is 0. The molecule has 0 bridgehead atoms. The maximum absolute atomic E-state index is 6.39. The Morgan fingerprint density at radius 1 is 1.22 bits per heavy atom. The molecule has 1 atom stereocenters. The zero-order valence-corrected chi connectivity index (χ0v) is 12.2. The summed E-state index contributed by atoms with van der Waals surface area (Å²) in [5.41, 5.74) is 0.297. The summed E-state index contributed by atoms with van der Waals surface area (Å²) >= 11 is 0. The molecule has 0 amide bonds. The van der Waals surface area contributed by atoms with E-state index < -0.39 is 0 Å². The van der Waals surface area contributed by atoms with Gasteiger partial charge in [0.25, 0.3) is 0 Å². The molecule has 1 aliphatic carbocycles. The van der Waals surface area contributed by atoms with Crippen molar-refractivity contribution < 1.29 is 4.74 Å². The number of likely N-dealkylation sites (N-methyl/N-ethyl adjacent to an activating group) is 2. The number of rotatable bonds is 7. The van der Waals surface area contributed by atoms with Gasteiger partial charge in [-0.1, -0.05) is 26.7 Å². The van der Waals surface area contributed by atoms with Crippen molar-refractivity contribution in [1.82, 2.24) is 10.2 Å². The van der Waals surface area contributed by atoms with E-state index in [1.54, 1.807) is 0 Å². The number of hydrogen-bond acceptors (Lipinski definition) is 3. The van der Waals surface area contributed by atoms with Crippen LogP contribution in [0.3, 0.4) is 0 Å². The van der Waals surface area contributed by atoms with Crippen molar-refractivity contribution in [2.45, 2.75) is 64.1 Å². The minimum atomic E-state index is 0.297. The van der Waals surface area contributed by atoms with E-state index in [1.165, 1.54) is 38.5 Å². The maximum Gasteiger partial charge on any atom is 0.0710 e. The lowest BCUT2D eigenvalue weighted by atomic mass is 9.98. The second kappa shape index (κ2) is 6.88. The van der Waals surface area contributed by atoms with Crippen molar-refractivity contribution in [3.8, 4) is 0 Å². The molecule has 1 heterocycles. The van der Waals surface area contributed by atoms with E-state index in [-0.39, 0.29) is 0 Å². The summed E-state index contributed by atoms with van der Waals surface area (Å²) in [6, 6.07) is 0. The Balaban J connectivity index is 1.71. The van der Waals surface area contributed by atoms with Crippen molar-refractivity contribution in [1.29, 1.82) is 0 Å². The summed E-state index contributed by atoms with van der Waals surface area (Å²) in [6.07, 6.45) is 8.46. The van der Waals surface area contributed by atoms with E-state index in [2.05, 4.69) is 24.1 Å². The van der Waals surface area contributed by atoms with Gasteiger partial charge in [0.05, 0.1) is 11.7 Å². The van der Waals surface area contributed by atoms with Gasteiger partial charge in [-0.15, -0.1) is 0 Å². The van der Waals surface area contributed by atoms with Gasteiger partial charge in [-0.3, -0.25) is 4.90 Å². The minimum absolute atomic E-state index is 0.297. The monoisotopic (exact) mass is 254 g/mol. The average Bonchev–Trinajstić information content (AvgIpc) is 2.99. The molecule has 1 N–H and O–H groups in total. The lowest BCUT2D eigenvalue weighted by Crippen LogP contribution is -2.38. The Hall–Kier alpha value is -0.120. The van der Waals surface area contributed by atoms with Gasteiger partial charge >= 0.3 is 0 Å². The number of nitrogens with zero attached hydrogens (tertiary/aromatic N) is 1. The Kier molecular flexibility index (Phi) is 5.46. The topological polar surface area (TPSA) is 24.5 Å². The van der Waals surface area contributed by atoms with E-state index in [0.29, 0.717) is 11.7 Å². The Morgan fingerprint density at radius 2 is 2.00 bits per heavy atom. The van der Waals surface area contributed by atoms with Crippen LogP contribution in [0.5, 0.6) is 0 Å². The molecule has 1 unspecified atom stereocenters. The highest BCUT2D eigenvalue weighted by Gasteiger charge is 2.42. The number of ether oxygens (including phenoxy) is 1. The Morgan fingerprint density at radius 3 is 2.67 bits per heavy atom. The van der Waals surface area contributed by atoms with Crippen LogP contribution in [0.1, 0.15) is 52.4 Å². The molecular formula is C15H30N2O. The molecule has 1 saturated carbocycles. The maximum atomic E-state index is 6.39. The summed E-state index contributed by atoms with van der Waals surface area (Å²) in [4.78, 5) is 2.53. The van der Waals surface area contributed by atoms with E-state index in [4.69, 9.17) is 4.74 Å². The molecule has 3 heteroatoms. The fourth-order valence-corrected chi connectivity index (χ4v) is 3.49. The fraction of sp³-hybridized carbons (Fsp3) is 1.00. The summed E-state index contributed by atoms with van der Waals surface area (Å²) in [5, 5.41) is 3.40. The highest BCUT2D eigenvalue weighted by Crippen LogP contribution is 2.43. The molecule has 1 aliphatic heterocycles. The first-order valence-electron chi connectivity index (χ1n) is 7.89. The van der Waals surface area contributed by atoms with E-state index in [1.807, 2.05) is 0 Å². The Labute approximate surface area is 112 Å². The molecule has 106 valence electrons. The van der Waals surface area contributed by atoms with Gasteiger partial charge in [-0.05, 0) is 38.8 Å². The molecule has 2 aliphatic rings. The summed E-state index contributed by atoms with van der Waals surface area (Å²) in [6.45, 7) is 10.0. The molecule has 1 spiro atoms. The minimum Gasteiger partial charge on any atom is -0.370 e. The van der Waals surface area contributed by atoms with Crippen LogP contribution in [0.2, 0.25) is 0 Å². The predicted octanol–water partition coefficient (Wildman–Crippen LogP) is 2.41. The van der Waals surface area contributed by atoms with Gasteiger partial charge in [0.1, 0.15) is 0 Å². The van der Waals surface area contributed by atoms with Crippen LogP contribution in [0, 0.1) is 0 Å². The first-order chi connectivity index (χ1) is 8.78. The van der Waals surface area contributed by atoms with E-state index in [9.17, 15) is 0 Å². The fourth-order valence-electron chi connectivity index (χ4n) is 3.49. The standard InChI is InChI=1S/C15H30N2O/c1-3-16-11-12-17(4-2)13-14-7-10-15(18-14)8-5-6-9-15/h14,16H,3-13H2,1-2H3. The number of nitrogens with one attached hydrogen (secondary N) is 1. The van der Waals surface area contributed by atoms with Gasteiger partial charge in [0.2, 0.25) is 0 Å². The van der Waals surface area contributed by atoms with Gasteiger partial charge in [-0.25, -0.2) is 0 Å². The van der Waals surface area contributed by atoms with Crippen molar-refractivity contribution >= 4 is 0 Å². The van der Waals surface area contributed by atoms with Crippen LogP contribution >= 0.6 is 0 Å². The van der Waals surface area contributed by atoms with Crippen molar-refractivity contribution in [3.05, 3.63) is 0 Å². The normalized spacial score (nSPS) is 26.5. The lowest BCUT2D eigenvalue weighted by Gasteiger charge is -2.27. The molecule has 2 fully saturated rings. The molecule has 0 aromatic heterocycles. The molecule has 2 rings (SSSR count). The van der Waals surface area contributed by atoms with Crippen LogP contribution < -0.4 is 5.32 Å². The van der Waals surface area contributed by atoms with E-state index in [0.717, 1.165) is 32.7 Å². The van der Waals surface area contributed by atoms with Crippen molar-refractivity contribution in [2.24, 2.45) is 0 Å². The lowest BCUT2D eigenvalue weighted by molar-refractivity contribution is -0.0467. The molecule has 18 heavy (non-hydrogen) atoms. The molecule has 0 aromatic carbocycles. The molecule has 0 radical (unpaired) electrons. The predicted molar refractivity (Wildman–Crippen MR) is 76.0 cm³/mol. The second-order valence-electron chi connectivity index (χ2n) is 5.92. The molecule has 0 aromatic rings. The van der Waals surface area contributed by atoms with Crippen LogP contribution in [0.4, 0.5) is 0 Å². The zero-order valence-electron chi connectivity index (χ0n) is 12.2. The van der Waals surface area contributed by atoms with Crippen LogP contribution in [0.15, 0.2) is 0 Å².